The van der Waals surface area contributed by atoms with Crippen molar-refractivity contribution in [2.24, 2.45) is 5.16 Å². The molecule has 5 rings (SSSR count). The third-order valence-corrected chi connectivity index (χ3v) is 6.39. The minimum absolute atomic E-state index is 0.0896. The van der Waals surface area contributed by atoms with Crippen LogP contribution in [0.1, 0.15) is 11.1 Å². The second-order valence-corrected chi connectivity index (χ2v) is 8.41. The second kappa shape index (κ2) is 9.59. The number of oxime groups is 1. The van der Waals surface area contributed by atoms with E-state index in [1.54, 1.807) is 42.5 Å². The van der Waals surface area contributed by atoms with Crippen LogP contribution in [0.3, 0.4) is 0 Å². The minimum atomic E-state index is -0.509. The lowest BCUT2D eigenvalue weighted by Gasteiger charge is -2.29. The summed E-state index contributed by atoms with van der Waals surface area (Å²) in [7, 11) is 0. The number of rotatable bonds is 5. The molecule has 4 aromatic rings. The first kappa shape index (κ1) is 23.2. The first-order valence-electron chi connectivity index (χ1n) is 11.4. The average molecular weight is 486 g/mol. The summed E-state index contributed by atoms with van der Waals surface area (Å²) in [4.78, 5) is 27.1. The largest absolute Gasteiger partial charge is 0.411 e. The highest BCUT2D eigenvalue weighted by Crippen LogP contribution is 2.32. The second-order valence-electron chi connectivity index (χ2n) is 8.41. The fourth-order valence-corrected chi connectivity index (χ4v) is 4.52. The van der Waals surface area contributed by atoms with Crippen molar-refractivity contribution < 1.29 is 14.9 Å². The molecule has 2 heterocycles. The van der Waals surface area contributed by atoms with Crippen molar-refractivity contribution in [1.82, 2.24) is 9.78 Å². The fraction of sp³-hybridized carbons (Fsp3) is 0.192. The van der Waals surface area contributed by atoms with Gasteiger partial charge in [-0.2, -0.15) is 9.78 Å². The number of nitro benzene ring substituents is 1. The molecule has 3 aromatic carbocycles. The summed E-state index contributed by atoms with van der Waals surface area (Å²) in [5.74, 6) is 0. The maximum Gasteiger partial charge on any atom is 0.295 e. The summed E-state index contributed by atoms with van der Waals surface area (Å²) < 4.78 is 6.54. The molecule has 0 radical (unpaired) electrons. The van der Waals surface area contributed by atoms with Crippen LogP contribution in [0.4, 0.5) is 11.4 Å². The van der Waals surface area contributed by atoms with Gasteiger partial charge in [0.15, 0.2) is 0 Å². The van der Waals surface area contributed by atoms with Crippen LogP contribution in [0.15, 0.2) is 70.6 Å². The Bertz CT molecular complexity index is 1560. The van der Waals surface area contributed by atoms with Gasteiger partial charge in [-0.25, -0.2) is 0 Å². The molecular formula is C26H23N5O5. The predicted molar refractivity (Wildman–Crippen MR) is 137 cm³/mol. The quantitative estimate of drug-likeness (QED) is 0.197. The van der Waals surface area contributed by atoms with Crippen molar-refractivity contribution in [1.29, 1.82) is 0 Å². The van der Waals surface area contributed by atoms with Crippen LogP contribution in [0, 0.1) is 17.0 Å². The third-order valence-electron chi connectivity index (χ3n) is 6.39. The maximum absolute atomic E-state index is 13.6. The van der Waals surface area contributed by atoms with Crippen LogP contribution in [-0.2, 0) is 4.74 Å². The van der Waals surface area contributed by atoms with Gasteiger partial charge in [-0.3, -0.25) is 14.9 Å². The van der Waals surface area contributed by atoms with Gasteiger partial charge in [-0.15, -0.1) is 0 Å². The van der Waals surface area contributed by atoms with E-state index >= 15 is 0 Å². The predicted octanol–water partition coefficient (Wildman–Crippen LogP) is 3.91. The Kier molecular flexibility index (Phi) is 6.17. The Morgan fingerprint density at radius 2 is 1.83 bits per heavy atom. The molecular weight excluding hydrogens is 462 g/mol. The highest BCUT2D eigenvalue weighted by atomic mass is 16.6. The smallest absolute Gasteiger partial charge is 0.295 e. The Hall–Kier alpha value is -4.57. The van der Waals surface area contributed by atoms with E-state index in [1.165, 1.54) is 12.3 Å². The first-order chi connectivity index (χ1) is 17.5. The number of fused-ring (bicyclic) bond motifs is 1. The zero-order valence-corrected chi connectivity index (χ0v) is 19.5. The molecule has 182 valence electrons. The van der Waals surface area contributed by atoms with Crippen LogP contribution in [-0.4, -0.2) is 52.4 Å². The molecule has 10 heteroatoms. The van der Waals surface area contributed by atoms with Crippen molar-refractivity contribution in [3.63, 3.8) is 0 Å². The number of hydrogen-bond acceptors (Lipinski definition) is 8. The van der Waals surface area contributed by atoms with Gasteiger partial charge in [0.2, 0.25) is 0 Å². The Morgan fingerprint density at radius 3 is 2.56 bits per heavy atom. The van der Waals surface area contributed by atoms with E-state index in [9.17, 15) is 14.9 Å². The fourth-order valence-electron chi connectivity index (χ4n) is 4.52. The van der Waals surface area contributed by atoms with E-state index < -0.39 is 10.5 Å². The molecule has 0 unspecified atom stereocenters. The first-order valence-corrected chi connectivity index (χ1v) is 11.4. The summed E-state index contributed by atoms with van der Waals surface area (Å²) in [6, 6.07) is 17.2. The molecule has 1 aliphatic rings. The van der Waals surface area contributed by atoms with Gasteiger partial charge >= 0.3 is 0 Å². The molecule has 36 heavy (non-hydrogen) atoms. The number of hydrogen-bond donors (Lipinski definition) is 1. The highest BCUT2D eigenvalue weighted by Gasteiger charge is 2.23. The Balaban J connectivity index is 1.80. The summed E-state index contributed by atoms with van der Waals surface area (Å²) in [5, 5.41) is 29.9. The number of nitro groups is 1. The molecule has 0 atom stereocenters. The van der Waals surface area contributed by atoms with Crippen molar-refractivity contribution in [2.45, 2.75) is 6.92 Å². The number of ether oxygens (including phenoxy) is 1. The van der Waals surface area contributed by atoms with Gasteiger partial charge in [0, 0.05) is 35.8 Å². The van der Waals surface area contributed by atoms with Gasteiger partial charge in [-0.1, -0.05) is 41.6 Å². The Morgan fingerprint density at radius 1 is 1.08 bits per heavy atom. The van der Waals surface area contributed by atoms with Crippen LogP contribution in [0.2, 0.25) is 0 Å². The number of aromatic nitrogens is 2. The highest BCUT2D eigenvalue weighted by molar-refractivity contribution is 5.96. The number of morpholine rings is 1. The minimum Gasteiger partial charge on any atom is -0.411 e. The molecule has 0 aliphatic carbocycles. The topological polar surface area (TPSA) is 123 Å². The molecule has 1 N–H and O–H groups in total. The lowest BCUT2D eigenvalue weighted by Crippen LogP contribution is -2.36. The summed E-state index contributed by atoms with van der Waals surface area (Å²) in [6.07, 6.45) is 1.33. The molecule has 0 spiro atoms. The average Bonchev–Trinajstić information content (AvgIpc) is 2.91. The molecule has 0 bridgehead atoms. The van der Waals surface area contributed by atoms with Crippen molar-refractivity contribution in [3.8, 4) is 16.9 Å². The zero-order chi connectivity index (χ0) is 25.2. The van der Waals surface area contributed by atoms with E-state index in [4.69, 9.17) is 9.94 Å². The number of nitrogens with zero attached hydrogens (tertiary/aromatic N) is 5. The van der Waals surface area contributed by atoms with Gasteiger partial charge < -0.3 is 14.8 Å². The van der Waals surface area contributed by atoms with Crippen molar-refractivity contribution in [2.75, 3.05) is 31.2 Å². The van der Waals surface area contributed by atoms with Gasteiger partial charge in [-0.05, 0) is 36.2 Å². The van der Waals surface area contributed by atoms with Crippen molar-refractivity contribution >= 4 is 28.4 Å². The van der Waals surface area contributed by atoms with E-state index in [2.05, 4.69) is 15.2 Å². The SMILES string of the molecule is Cc1c(C=NO)cccc1-c1nn(-c2cc(N3CCOCC3)ccc2[N+](=O)[O-])c(=O)c2ccccc12. The molecule has 1 fully saturated rings. The molecule has 0 amide bonds. The van der Waals surface area contributed by atoms with Crippen molar-refractivity contribution in [3.05, 3.63) is 92.3 Å². The number of anilines is 1. The van der Waals surface area contributed by atoms with Crippen LogP contribution in [0.25, 0.3) is 27.7 Å². The summed E-state index contributed by atoms with van der Waals surface area (Å²) in [5.41, 5.74) is 2.83. The molecule has 0 saturated carbocycles. The standard InChI is InChI=1S/C26H23N5O5/c1-17-18(16-27-33)5-4-8-20(17)25-21-6-2-3-7-22(21)26(32)30(28-25)24-15-19(9-10-23(24)31(34)35)29-11-13-36-14-12-29/h2-10,15-16,33H,11-14H2,1H3. The molecule has 10 nitrogen and oxygen atoms in total. The van der Waals surface area contributed by atoms with Crippen LogP contribution in [0.5, 0.6) is 0 Å². The molecule has 1 saturated heterocycles. The van der Waals surface area contributed by atoms with E-state index in [1.807, 2.05) is 19.1 Å². The van der Waals surface area contributed by atoms with E-state index in [-0.39, 0.29) is 11.4 Å². The van der Waals surface area contributed by atoms with Gasteiger partial charge in [0.05, 0.1) is 35.4 Å². The Labute approximate surface area is 205 Å². The molecule has 1 aromatic heterocycles. The maximum atomic E-state index is 13.6. The molecule has 1 aliphatic heterocycles. The van der Waals surface area contributed by atoms with E-state index in [0.717, 1.165) is 15.9 Å². The summed E-state index contributed by atoms with van der Waals surface area (Å²) >= 11 is 0. The lowest BCUT2D eigenvalue weighted by molar-refractivity contribution is -0.384. The normalized spacial score (nSPS) is 14.0. The zero-order valence-electron chi connectivity index (χ0n) is 19.5. The van der Waals surface area contributed by atoms with E-state index in [0.29, 0.717) is 53.9 Å². The summed E-state index contributed by atoms with van der Waals surface area (Å²) in [6.45, 7) is 4.25. The van der Waals surface area contributed by atoms with Gasteiger partial charge in [0.1, 0.15) is 5.69 Å². The lowest BCUT2D eigenvalue weighted by atomic mass is 9.97. The van der Waals surface area contributed by atoms with Crippen LogP contribution < -0.4 is 10.5 Å². The monoisotopic (exact) mass is 485 g/mol. The van der Waals surface area contributed by atoms with Gasteiger partial charge in [0.25, 0.3) is 11.2 Å². The third kappa shape index (κ3) is 4.07. The number of benzene rings is 3. The van der Waals surface area contributed by atoms with Crippen LogP contribution >= 0.6 is 0 Å².